The molecule has 2 rings (SSSR count). The molecule has 3 N–H and O–H groups in total. The second-order valence-corrected chi connectivity index (χ2v) is 5.88. The molecule has 0 aliphatic carbocycles. The number of anilines is 1. The van der Waals surface area contributed by atoms with Crippen LogP contribution in [0.5, 0.6) is 0 Å². The van der Waals surface area contributed by atoms with Gasteiger partial charge < -0.3 is 10.8 Å². The van der Waals surface area contributed by atoms with Crippen LogP contribution in [-0.2, 0) is 19.4 Å². The van der Waals surface area contributed by atoms with Gasteiger partial charge in [0.25, 0.3) is 0 Å². The lowest BCUT2D eigenvalue weighted by atomic mass is 10.1. The van der Waals surface area contributed by atoms with E-state index in [0.717, 1.165) is 37.1 Å². The van der Waals surface area contributed by atoms with Gasteiger partial charge in [0.2, 0.25) is 5.51 Å². The molecule has 0 saturated carbocycles. The third kappa shape index (κ3) is 4.78. The van der Waals surface area contributed by atoms with Gasteiger partial charge in [-0.2, -0.15) is 4.57 Å². The summed E-state index contributed by atoms with van der Waals surface area (Å²) in [6, 6.07) is 4.04. The number of aromatic nitrogens is 2. The van der Waals surface area contributed by atoms with Crippen molar-refractivity contribution in [1.29, 1.82) is 0 Å². The molecule has 122 valence electrons. The number of hydrogen-bond acceptors (Lipinski definition) is 4. The highest BCUT2D eigenvalue weighted by Gasteiger charge is 2.19. The second kappa shape index (κ2) is 9.54. The number of nitrogen functional groups attached to an aromatic ring is 1. The number of aryl methyl sites for hydroxylation is 1. The first kappa shape index (κ1) is 18.6. The van der Waals surface area contributed by atoms with E-state index in [1.54, 1.807) is 11.3 Å². The Morgan fingerprint density at radius 3 is 2.59 bits per heavy atom. The molecule has 0 bridgehead atoms. The predicted molar refractivity (Wildman–Crippen MR) is 93.1 cm³/mol. The van der Waals surface area contributed by atoms with Gasteiger partial charge in [-0.25, -0.2) is 4.98 Å². The van der Waals surface area contributed by atoms with Gasteiger partial charge >= 0.3 is 0 Å². The van der Waals surface area contributed by atoms with E-state index in [2.05, 4.69) is 22.0 Å². The molecule has 0 aliphatic heterocycles. The number of aliphatic hydroxyl groups is 1. The first-order valence-electron chi connectivity index (χ1n) is 7.97. The minimum Gasteiger partial charge on any atom is -0.396 e. The number of pyridine rings is 1. The zero-order chi connectivity index (χ0) is 16.5. The molecule has 0 atom stereocenters. The highest BCUT2D eigenvalue weighted by atomic mass is 32.1. The number of nitrogens with zero attached hydrogens (tertiary/aromatic N) is 2. The maximum Gasteiger partial charge on any atom is 0.225 e. The molecule has 22 heavy (non-hydrogen) atoms. The maximum atomic E-state index is 9.15. The van der Waals surface area contributed by atoms with Crippen molar-refractivity contribution in [2.45, 2.75) is 53.5 Å². The Morgan fingerprint density at radius 1 is 1.27 bits per heavy atom. The van der Waals surface area contributed by atoms with Gasteiger partial charge in [0.1, 0.15) is 5.82 Å². The monoisotopic (exact) mass is 322 g/mol. The summed E-state index contributed by atoms with van der Waals surface area (Å²) in [5.74, 6) is 0.606. The van der Waals surface area contributed by atoms with Crippen LogP contribution in [0.15, 0.2) is 17.6 Å². The minimum atomic E-state index is 0.200. The molecule has 5 heteroatoms. The zero-order valence-corrected chi connectivity index (χ0v) is 14.9. The summed E-state index contributed by atoms with van der Waals surface area (Å²) in [5.41, 5.74) is 11.4. The molecule has 2 heterocycles. The summed E-state index contributed by atoms with van der Waals surface area (Å²) in [6.07, 6.45) is 2.85. The van der Waals surface area contributed by atoms with Crippen LogP contribution in [0.1, 0.15) is 49.0 Å². The van der Waals surface area contributed by atoms with E-state index in [1.807, 2.05) is 32.9 Å². The SMILES string of the molecule is CC.CCCc1c(CCO)sc[n+]1Cc1ccc(C)nc1N. The molecule has 0 aliphatic rings. The molecule has 0 spiro atoms. The lowest BCUT2D eigenvalue weighted by Gasteiger charge is -2.04. The molecular formula is C17H28N3OS+. The number of thiazole rings is 1. The molecule has 4 nitrogen and oxygen atoms in total. The number of nitrogens with two attached hydrogens (primary N) is 1. The molecule has 0 saturated heterocycles. The Hall–Kier alpha value is -1.46. The Balaban J connectivity index is 0.00000116. The fourth-order valence-corrected chi connectivity index (χ4v) is 3.32. The highest BCUT2D eigenvalue weighted by molar-refractivity contribution is 7.09. The highest BCUT2D eigenvalue weighted by Crippen LogP contribution is 2.16. The topological polar surface area (TPSA) is 63.0 Å². The van der Waals surface area contributed by atoms with Crippen LogP contribution in [0.4, 0.5) is 5.82 Å². The van der Waals surface area contributed by atoms with Gasteiger partial charge in [0.15, 0.2) is 12.2 Å². The molecule has 2 aromatic heterocycles. The summed E-state index contributed by atoms with van der Waals surface area (Å²) in [4.78, 5) is 5.59. The average molecular weight is 322 g/mol. The van der Waals surface area contributed by atoms with Gasteiger partial charge in [-0.05, 0) is 25.5 Å². The van der Waals surface area contributed by atoms with Crippen LogP contribution in [0, 0.1) is 6.92 Å². The predicted octanol–water partition coefficient (Wildman–Crippen LogP) is 2.88. The van der Waals surface area contributed by atoms with Crippen LogP contribution >= 0.6 is 11.3 Å². The van der Waals surface area contributed by atoms with Crippen LogP contribution in [0.2, 0.25) is 0 Å². The van der Waals surface area contributed by atoms with Crippen LogP contribution in [0.25, 0.3) is 0 Å². The third-order valence-electron chi connectivity index (χ3n) is 3.31. The quantitative estimate of drug-likeness (QED) is 0.804. The van der Waals surface area contributed by atoms with Crippen molar-refractivity contribution in [3.63, 3.8) is 0 Å². The number of hydrogen-bond donors (Lipinski definition) is 2. The maximum absolute atomic E-state index is 9.15. The Kier molecular flexibility index (Phi) is 8.06. The molecule has 0 fully saturated rings. The smallest absolute Gasteiger partial charge is 0.225 e. The zero-order valence-electron chi connectivity index (χ0n) is 14.1. The molecule has 0 aromatic carbocycles. The van der Waals surface area contributed by atoms with Crippen molar-refractivity contribution in [3.05, 3.63) is 39.5 Å². The Morgan fingerprint density at radius 2 is 2.00 bits per heavy atom. The lowest BCUT2D eigenvalue weighted by molar-refractivity contribution is -0.691. The normalized spacial score (nSPS) is 10.2. The Labute approximate surface area is 137 Å². The summed E-state index contributed by atoms with van der Waals surface area (Å²) in [5, 5.41) is 9.15. The number of rotatable bonds is 6. The van der Waals surface area contributed by atoms with E-state index in [9.17, 15) is 0 Å². The van der Waals surface area contributed by atoms with Crippen LogP contribution in [-0.4, -0.2) is 16.7 Å². The van der Waals surface area contributed by atoms with Gasteiger partial charge in [-0.3, -0.25) is 0 Å². The van der Waals surface area contributed by atoms with Gasteiger partial charge in [0.05, 0.1) is 10.4 Å². The van der Waals surface area contributed by atoms with E-state index in [1.165, 1.54) is 10.6 Å². The van der Waals surface area contributed by atoms with Crippen molar-refractivity contribution >= 4 is 17.2 Å². The second-order valence-electron chi connectivity index (χ2n) is 4.94. The minimum absolute atomic E-state index is 0.200. The average Bonchev–Trinajstić information content (AvgIpc) is 2.87. The van der Waals surface area contributed by atoms with E-state index >= 15 is 0 Å². The van der Waals surface area contributed by atoms with Crippen molar-refractivity contribution in [3.8, 4) is 0 Å². The van der Waals surface area contributed by atoms with Crippen molar-refractivity contribution < 1.29 is 9.67 Å². The Bertz CT molecular complexity index is 581. The summed E-state index contributed by atoms with van der Waals surface area (Å²) in [6.45, 7) is 9.06. The lowest BCUT2D eigenvalue weighted by Crippen LogP contribution is -2.37. The van der Waals surface area contributed by atoms with Crippen molar-refractivity contribution in [2.24, 2.45) is 0 Å². The molecule has 0 amide bonds. The fourth-order valence-electron chi connectivity index (χ4n) is 2.30. The van der Waals surface area contributed by atoms with Gasteiger partial charge in [0, 0.05) is 25.1 Å². The largest absolute Gasteiger partial charge is 0.396 e. The van der Waals surface area contributed by atoms with E-state index in [-0.39, 0.29) is 6.61 Å². The summed E-state index contributed by atoms with van der Waals surface area (Å²) in [7, 11) is 0. The van der Waals surface area contributed by atoms with E-state index in [4.69, 9.17) is 10.8 Å². The molecule has 0 unspecified atom stereocenters. The molecular weight excluding hydrogens is 294 g/mol. The van der Waals surface area contributed by atoms with E-state index < -0.39 is 0 Å². The van der Waals surface area contributed by atoms with E-state index in [0.29, 0.717) is 5.82 Å². The molecule has 2 aromatic rings. The fraction of sp³-hybridized carbons (Fsp3) is 0.529. The number of aliphatic hydroxyl groups excluding tert-OH is 1. The van der Waals surface area contributed by atoms with Crippen molar-refractivity contribution in [2.75, 3.05) is 12.3 Å². The van der Waals surface area contributed by atoms with Crippen LogP contribution < -0.4 is 10.3 Å². The summed E-state index contributed by atoms with van der Waals surface area (Å²) >= 11 is 1.71. The first-order valence-corrected chi connectivity index (χ1v) is 8.85. The van der Waals surface area contributed by atoms with Gasteiger partial charge in [-0.1, -0.05) is 32.1 Å². The standard InChI is InChI=1S/C15H22N3OS.C2H6/c1-3-4-13-14(7-8-19)20-10-18(13)9-12-6-5-11(2)17-15(12)16;1-2/h5-6,10,19H,3-4,7-9H2,1-2H3,(H2,16,17);1-2H3/q+1;. The van der Waals surface area contributed by atoms with Crippen molar-refractivity contribution in [1.82, 2.24) is 4.98 Å². The third-order valence-corrected chi connectivity index (χ3v) is 4.39. The van der Waals surface area contributed by atoms with Crippen LogP contribution in [0.3, 0.4) is 0 Å². The van der Waals surface area contributed by atoms with Gasteiger partial charge in [-0.15, -0.1) is 0 Å². The summed E-state index contributed by atoms with van der Waals surface area (Å²) < 4.78 is 2.24. The molecule has 0 radical (unpaired) electrons. The first-order chi connectivity index (χ1) is 10.7.